The van der Waals surface area contributed by atoms with Gasteiger partial charge in [-0.3, -0.25) is 9.69 Å². The van der Waals surface area contributed by atoms with Crippen LogP contribution in [0.2, 0.25) is 0 Å². The number of β-amino-alcohol motifs (C(OH)–C–C–N with tert-alkyl or cyclic N) is 1. The van der Waals surface area contributed by atoms with Gasteiger partial charge in [0.2, 0.25) is 5.91 Å². The highest BCUT2D eigenvalue weighted by atomic mass is 19.1. The van der Waals surface area contributed by atoms with Crippen LogP contribution < -0.4 is 4.74 Å². The molecule has 1 aromatic rings. The number of nitrogens with zero attached hydrogens (tertiary/aromatic N) is 2. The second-order valence-electron chi connectivity index (χ2n) is 6.00. The Morgan fingerprint density at radius 1 is 1.35 bits per heavy atom. The predicted octanol–water partition coefficient (Wildman–Crippen LogP) is 1.29. The Morgan fingerprint density at radius 2 is 2.04 bits per heavy atom. The smallest absolute Gasteiger partial charge is 0.222 e. The van der Waals surface area contributed by atoms with Crippen LogP contribution in [0.4, 0.5) is 4.39 Å². The van der Waals surface area contributed by atoms with Crippen LogP contribution in [-0.4, -0.2) is 66.8 Å². The van der Waals surface area contributed by atoms with Crippen LogP contribution in [0.3, 0.4) is 0 Å². The van der Waals surface area contributed by atoms with E-state index in [1.807, 2.05) is 4.90 Å². The van der Waals surface area contributed by atoms with E-state index in [4.69, 9.17) is 4.74 Å². The van der Waals surface area contributed by atoms with E-state index in [0.29, 0.717) is 32.5 Å². The van der Waals surface area contributed by atoms with Gasteiger partial charge in [0.25, 0.3) is 0 Å². The Labute approximate surface area is 136 Å². The number of aryl methyl sites for hydroxylation is 1. The largest absolute Gasteiger partial charge is 0.494 e. The summed E-state index contributed by atoms with van der Waals surface area (Å²) >= 11 is 0. The number of hydrogen-bond acceptors (Lipinski definition) is 4. The monoisotopic (exact) mass is 324 g/mol. The highest BCUT2D eigenvalue weighted by molar-refractivity contribution is 5.76. The van der Waals surface area contributed by atoms with E-state index in [9.17, 15) is 14.3 Å². The number of aliphatic hydroxyl groups excluding tert-OH is 1. The van der Waals surface area contributed by atoms with Crippen molar-refractivity contribution in [1.82, 2.24) is 9.80 Å². The maximum atomic E-state index is 13.6. The molecule has 5 nitrogen and oxygen atoms in total. The highest BCUT2D eigenvalue weighted by Crippen LogP contribution is 2.18. The number of benzene rings is 1. The summed E-state index contributed by atoms with van der Waals surface area (Å²) in [7, 11) is 1.43. The summed E-state index contributed by atoms with van der Waals surface area (Å²) in [5.41, 5.74) is 0.796. The summed E-state index contributed by atoms with van der Waals surface area (Å²) in [5.74, 6) is -0.0866. The molecule has 1 atom stereocenters. The van der Waals surface area contributed by atoms with Gasteiger partial charge < -0.3 is 14.7 Å². The quantitative estimate of drug-likeness (QED) is 0.857. The summed E-state index contributed by atoms with van der Waals surface area (Å²) in [4.78, 5) is 16.3. The van der Waals surface area contributed by atoms with Gasteiger partial charge >= 0.3 is 0 Å². The summed E-state index contributed by atoms with van der Waals surface area (Å²) in [6, 6.07) is 4.80. The third-order valence-corrected chi connectivity index (χ3v) is 4.09. The molecule has 0 bridgehead atoms. The van der Waals surface area contributed by atoms with E-state index in [0.717, 1.165) is 18.7 Å². The molecule has 1 saturated heterocycles. The van der Waals surface area contributed by atoms with Crippen molar-refractivity contribution in [2.75, 3.05) is 39.8 Å². The molecule has 6 heteroatoms. The van der Waals surface area contributed by atoms with Crippen molar-refractivity contribution < 1.29 is 19.0 Å². The molecule has 0 aromatic heterocycles. The molecule has 1 aromatic carbocycles. The lowest BCUT2D eigenvalue weighted by Crippen LogP contribution is -2.50. The minimum Gasteiger partial charge on any atom is -0.494 e. The first-order valence-corrected chi connectivity index (χ1v) is 8.00. The van der Waals surface area contributed by atoms with E-state index < -0.39 is 5.82 Å². The van der Waals surface area contributed by atoms with Crippen LogP contribution in [0, 0.1) is 5.82 Å². The lowest BCUT2D eigenvalue weighted by atomic mass is 10.1. The maximum Gasteiger partial charge on any atom is 0.222 e. The van der Waals surface area contributed by atoms with Gasteiger partial charge in [-0.15, -0.1) is 0 Å². The average Bonchev–Trinajstić information content (AvgIpc) is 2.53. The number of rotatable bonds is 6. The number of carbonyl (C=O) groups is 1. The number of aliphatic hydroxyl groups is 1. The van der Waals surface area contributed by atoms with Crippen LogP contribution in [-0.2, 0) is 11.2 Å². The van der Waals surface area contributed by atoms with Crippen molar-refractivity contribution in [3.63, 3.8) is 0 Å². The summed E-state index contributed by atoms with van der Waals surface area (Å²) in [6.07, 6.45) is 0.553. The van der Waals surface area contributed by atoms with E-state index in [2.05, 4.69) is 4.90 Å². The standard InChI is InChI=1S/C17H25FN2O3/c1-13(21)12-19-7-9-20(10-8-19)17(22)6-4-14-3-5-16(23-2)15(18)11-14/h3,5,11,13,21H,4,6-10,12H2,1-2H3. The second kappa shape index (κ2) is 8.26. The number of amides is 1. The first kappa shape index (κ1) is 17.7. The maximum absolute atomic E-state index is 13.6. The van der Waals surface area contributed by atoms with E-state index in [1.54, 1.807) is 19.1 Å². The summed E-state index contributed by atoms with van der Waals surface area (Å²) in [5, 5.41) is 9.39. The van der Waals surface area contributed by atoms with Crippen LogP contribution in [0.5, 0.6) is 5.75 Å². The van der Waals surface area contributed by atoms with Crippen LogP contribution in [0.15, 0.2) is 18.2 Å². The van der Waals surface area contributed by atoms with Crippen LogP contribution >= 0.6 is 0 Å². The van der Waals surface area contributed by atoms with Gasteiger partial charge in [0.1, 0.15) is 0 Å². The Hall–Kier alpha value is -1.66. The lowest BCUT2D eigenvalue weighted by Gasteiger charge is -2.35. The Balaban J connectivity index is 1.78. The molecule has 2 rings (SSSR count). The molecule has 1 aliphatic rings. The van der Waals surface area contributed by atoms with Gasteiger partial charge in [-0.05, 0) is 31.0 Å². The molecule has 0 aliphatic carbocycles. The fraction of sp³-hybridized carbons (Fsp3) is 0.588. The molecule has 23 heavy (non-hydrogen) atoms. The first-order chi connectivity index (χ1) is 11.0. The third kappa shape index (κ3) is 5.18. The van der Waals surface area contributed by atoms with E-state index >= 15 is 0 Å². The minimum atomic E-state index is -0.399. The highest BCUT2D eigenvalue weighted by Gasteiger charge is 2.21. The zero-order chi connectivity index (χ0) is 16.8. The number of methoxy groups -OCH3 is 1. The number of carbonyl (C=O) groups excluding carboxylic acids is 1. The van der Waals surface area contributed by atoms with E-state index in [-0.39, 0.29) is 17.8 Å². The van der Waals surface area contributed by atoms with Crippen molar-refractivity contribution in [2.24, 2.45) is 0 Å². The molecule has 1 N–H and O–H groups in total. The number of piperazine rings is 1. The molecular weight excluding hydrogens is 299 g/mol. The predicted molar refractivity (Wildman–Crippen MR) is 86.0 cm³/mol. The molecule has 1 unspecified atom stereocenters. The third-order valence-electron chi connectivity index (χ3n) is 4.09. The molecule has 0 radical (unpaired) electrons. The molecule has 1 fully saturated rings. The first-order valence-electron chi connectivity index (χ1n) is 8.00. The second-order valence-corrected chi connectivity index (χ2v) is 6.00. The molecule has 1 amide bonds. The molecular formula is C17H25FN2O3. The van der Waals surface area contributed by atoms with Crippen molar-refractivity contribution >= 4 is 5.91 Å². The lowest BCUT2D eigenvalue weighted by molar-refractivity contribution is -0.133. The van der Waals surface area contributed by atoms with Gasteiger partial charge in [0.05, 0.1) is 13.2 Å². The van der Waals surface area contributed by atoms with Gasteiger partial charge in [-0.1, -0.05) is 6.07 Å². The van der Waals surface area contributed by atoms with Gasteiger partial charge in [0.15, 0.2) is 11.6 Å². The Bertz CT molecular complexity index is 529. The van der Waals surface area contributed by atoms with Crippen molar-refractivity contribution in [1.29, 1.82) is 0 Å². The van der Waals surface area contributed by atoms with Gasteiger partial charge in [-0.2, -0.15) is 0 Å². The van der Waals surface area contributed by atoms with Crippen LogP contribution in [0.25, 0.3) is 0 Å². The van der Waals surface area contributed by atoms with Crippen molar-refractivity contribution in [3.05, 3.63) is 29.6 Å². The van der Waals surface area contributed by atoms with Crippen molar-refractivity contribution in [2.45, 2.75) is 25.9 Å². The SMILES string of the molecule is COc1ccc(CCC(=O)N2CCN(CC(C)O)CC2)cc1F. The fourth-order valence-corrected chi connectivity index (χ4v) is 2.83. The summed E-state index contributed by atoms with van der Waals surface area (Å²) < 4.78 is 18.5. The topological polar surface area (TPSA) is 53.0 Å². The summed E-state index contributed by atoms with van der Waals surface area (Å²) in [6.45, 7) is 5.35. The normalized spacial score (nSPS) is 17.1. The Kier molecular flexibility index (Phi) is 6.36. The van der Waals surface area contributed by atoms with E-state index in [1.165, 1.54) is 13.2 Å². The van der Waals surface area contributed by atoms with Crippen molar-refractivity contribution in [3.8, 4) is 5.75 Å². The number of hydrogen-bond donors (Lipinski definition) is 1. The van der Waals surface area contributed by atoms with Gasteiger partial charge in [0, 0.05) is 39.1 Å². The Morgan fingerprint density at radius 3 is 2.61 bits per heavy atom. The molecule has 1 aliphatic heterocycles. The fourth-order valence-electron chi connectivity index (χ4n) is 2.83. The molecule has 128 valence electrons. The number of ether oxygens (including phenoxy) is 1. The minimum absolute atomic E-state index is 0.0953. The van der Waals surface area contributed by atoms with Gasteiger partial charge in [-0.25, -0.2) is 4.39 Å². The zero-order valence-corrected chi connectivity index (χ0v) is 13.8. The molecule has 0 saturated carbocycles. The van der Waals surface area contributed by atoms with Crippen LogP contribution in [0.1, 0.15) is 18.9 Å². The number of halogens is 1. The average molecular weight is 324 g/mol. The molecule has 0 spiro atoms. The zero-order valence-electron chi connectivity index (χ0n) is 13.8. The molecule has 1 heterocycles.